The monoisotopic (exact) mass is 346 g/mol. The Kier molecular flexibility index (Phi) is 5.03. The first-order valence-corrected chi connectivity index (χ1v) is 5.08. The van der Waals surface area contributed by atoms with E-state index in [4.69, 9.17) is 0 Å². The van der Waals surface area contributed by atoms with Crippen molar-refractivity contribution in [3.8, 4) is 11.5 Å². The molecule has 2 nitrogen and oxygen atoms in total. The highest BCUT2D eigenvalue weighted by molar-refractivity contribution is 5.38. The number of alkyl halides is 6. The van der Waals surface area contributed by atoms with Crippen LogP contribution in [-0.2, 0) is 0 Å². The highest BCUT2D eigenvalue weighted by Crippen LogP contribution is 2.36. The van der Waals surface area contributed by atoms with E-state index in [1.165, 1.54) is 0 Å². The third-order valence-corrected chi connectivity index (χ3v) is 1.94. The van der Waals surface area contributed by atoms with Crippen molar-refractivity contribution >= 4 is 0 Å². The Morgan fingerprint density at radius 3 is 0.955 bits per heavy atom. The van der Waals surface area contributed by atoms with Crippen LogP contribution in [0.2, 0.25) is 0 Å². The molecule has 0 aliphatic heterocycles. The van der Waals surface area contributed by atoms with Gasteiger partial charge in [-0.15, -0.1) is 0 Å². The predicted octanol–water partition coefficient (Wildman–Crippen LogP) is 4.13. The van der Waals surface area contributed by atoms with Crippen LogP contribution in [0.5, 0.6) is 11.5 Å². The van der Waals surface area contributed by atoms with Gasteiger partial charge in [0.25, 0.3) is 0 Å². The second kappa shape index (κ2) is 6.08. The van der Waals surface area contributed by atoms with Crippen molar-refractivity contribution in [1.82, 2.24) is 0 Å². The Balaban J connectivity index is 3.15. The lowest BCUT2D eigenvalue weighted by Gasteiger charge is -2.15. The molecule has 0 saturated heterocycles. The fourth-order valence-corrected chi connectivity index (χ4v) is 1.15. The van der Waals surface area contributed by atoms with E-state index in [0.29, 0.717) is 0 Å². The van der Waals surface area contributed by atoms with Crippen LogP contribution in [0.3, 0.4) is 0 Å². The normalized spacial score (nSPS) is 12.5. The van der Waals surface area contributed by atoms with Gasteiger partial charge in [-0.1, -0.05) is 0 Å². The van der Waals surface area contributed by atoms with E-state index in [2.05, 4.69) is 9.47 Å². The van der Waals surface area contributed by atoms with Gasteiger partial charge in [0.15, 0.2) is 24.7 Å². The zero-order valence-electron chi connectivity index (χ0n) is 10.0. The summed E-state index contributed by atoms with van der Waals surface area (Å²) in [6.07, 6.45) is -10.1. The van der Waals surface area contributed by atoms with Gasteiger partial charge in [0.05, 0.1) is 0 Å². The first-order chi connectivity index (χ1) is 9.83. The minimum Gasteiger partial charge on any atom is -0.478 e. The minimum absolute atomic E-state index is 2.06. The fourth-order valence-electron chi connectivity index (χ4n) is 1.15. The van der Waals surface area contributed by atoms with Gasteiger partial charge in [0.2, 0.25) is 23.3 Å². The molecule has 22 heavy (non-hydrogen) atoms. The van der Waals surface area contributed by atoms with Gasteiger partial charge in [-0.25, -0.2) is 0 Å². The van der Waals surface area contributed by atoms with Crippen molar-refractivity contribution in [2.24, 2.45) is 0 Å². The number of hydrogen-bond donors (Lipinski definition) is 0. The third kappa shape index (κ3) is 4.56. The summed E-state index contributed by atoms with van der Waals surface area (Å²) < 4.78 is 131. The molecule has 0 N–H and O–H groups in total. The summed E-state index contributed by atoms with van der Waals surface area (Å²) in [5.74, 6) is -14.0. The highest BCUT2D eigenvalue weighted by Gasteiger charge is 2.35. The molecule has 0 heterocycles. The molecule has 12 heteroatoms. The Bertz CT molecular complexity index is 470. The van der Waals surface area contributed by atoms with Crippen LogP contribution >= 0.6 is 0 Å². The molecular weight excluding hydrogens is 342 g/mol. The summed E-state index contributed by atoms with van der Waals surface area (Å²) in [6.45, 7) is -4.55. The van der Waals surface area contributed by atoms with E-state index in [9.17, 15) is 43.9 Å². The highest BCUT2D eigenvalue weighted by atomic mass is 19.4. The molecule has 0 aromatic heterocycles. The molecule has 0 aliphatic rings. The van der Waals surface area contributed by atoms with Crippen molar-refractivity contribution in [1.29, 1.82) is 0 Å². The Hall–Kier alpha value is -1.88. The lowest BCUT2D eigenvalue weighted by atomic mass is 10.2. The van der Waals surface area contributed by atoms with Gasteiger partial charge < -0.3 is 9.47 Å². The SMILES string of the molecule is Fc1c(F)c(OCC(F)(F)F)c(F)c(F)c1OCC(F)(F)F. The summed E-state index contributed by atoms with van der Waals surface area (Å²) in [5, 5.41) is 0. The molecule has 1 aromatic carbocycles. The third-order valence-electron chi connectivity index (χ3n) is 1.94. The van der Waals surface area contributed by atoms with Crippen molar-refractivity contribution in [2.75, 3.05) is 13.2 Å². The molecule has 0 radical (unpaired) electrons. The molecule has 0 unspecified atom stereocenters. The molecular formula is C10H4F10O2. The predicted molar refractivity (Wildman–Crippen MR) is 49.4 cm³/mol. The first-order valence-electron chi connectivity index (χ1n) is 5.08. The minimum atomic E-state index is -5.07. The molecule has 0 spiro atoms. The maximum Gasteiger partial charge on any atom is 0.422 e. The summed E-state index contributed by atoms with van der Waals surface area (Å²) >= 11 is 0. The summed E-state index contributed by atoms with van der Waals surface area (Å²) in [7, 11) is 0. The number of hydrogen-bond acceptors (Lipinski definition) is 2. The van der Waals surface area contributed by atoms with Crippen LogP contribution in [0.4, 0.5) is 43.9 Å². The second-order valence-corrected chi connectivity index (χ2v) is 3.72. The lowest BCUT2D eigenvalue weighted by Crippen LogP contribution is -2.22. The van der Waals surface area contributed by atoms with Crippen LogP contribution < -0.4 is 9.47 Å². The molecule has 1 aromatic rings. The van der Waals surface area contributed by atoms with Gasteiger partial charge in [-0.05, 0) is 0 Å². The molecule has 0 saturated carbocycles. The molecule has 1 rings (SSSR count). The molecule has 0 fully saturated rings. The zero-order chi connectivity index (χ0) is 17.3. The molecule has 0 bridgehead atoms. The van der Waals surface area contributed by atoms with Gasteiger partial charge >= 0.3 is 12.4 Å². The topological polar surface area (TPSA) is 18.5 Å². The standard InChI is InChI=1S/C10H4F10O2/c11-3-5(13)8(22-2-10(18,19)20)6(14)4(12)7(3)21-1-9(15,16)17/h1-2H2. The van der Waals surface area contributed by atoms with E-state index in [1.54, 1.807) is 0 Å². The molecule has 0 aliphatic carbocycles. The van der Waals surface area contributed by atoms with Gasteiger partial charge in [0.1, 0.15) is 0 Å². The molecule has 126 valence electrons. The zero-order valence-corrected chi connectivity index (χ0v) is 10.0. The van der Waals surface area contributed by atoms with Crippen molar-refractivity contribution in [2.45, 2.75) is 12.4 Å². The summed E-state index contributed by atoms with van der Waals surface area (Å²) in [4.78, 5) is 0. The largest absolute Gasteiger partial charge is 0.478 e. The van der Waals surface area contributed by atoms with Gasteiger partial charge in [0, 0.05) is 0 Å². The van der Waals surface area contributed by atoms with Crippen LogP contribution in [0.1, 0.15) is 0 Å². The molecule has 0 atom stereocenters. The molecule has 0 amide bonds. The Labute approximate surface area is 115 Å². The van der Waals surface area contributed by atoms with Crippen molar-refractivity contribution in [3.05, 3.63) is 23.3 Å². The van der Waals surface area contributed by atoms with Crippen molar-refractivity contribution < 1.29 is 53.4 Å². The van der Waals surface area contributed by atoms with E-state index < -0.39 is 60.3 Å². The number of halogens is 10. The van der Waals surface area contributed by atoms with Gasteiger partial charge in [-0.2, -0.15) is 43.9 Å². The van der Waals surface area contributed by atoms with Gasteiger partial charge in [-0.3, -0.25) is 0 Å². The van der Waals surface area contributed by atoms with E-state index in [-0.39, 0.29) is 0 Å². The maximum absolute atomic E-state index is 13.3. The quantitative estimate of drug-likeness (QED) is 0.603. The first kappa shape index (κ1) is 18.2. The van der Waals surface area contributed by atoms with E-state index in [1.807, 2.05) is 0 Å². The van der Waals surface area contributed by atoms with Crippen LogP contribution in [0, 0.1) is 23.3 Å². The van der Waals surface area contributed by atoms with Crippen LogP contribution in [-0.4, -0.2) is 25.6 Å². The summed E-state index contributed by atoms with van der Waals surface area (Å²) in [5.41, 5.74) is 0. The average Bonchev–Trinajstić information content (AvgIpc) is 2.33. The summed E-state index contributed by atoms with van der Waals surface area (Å²) in [6, 6.07) is 0. The lowest BCUT2D eigenvalue weighted by molar-refractivity contribution is -0.156. The van der Waals surface area contributed by atoms with E-state index >= 15 is 0 Å². The second-order valence-electron chi connectivity index (χ2n) is 3.72. The Morgan fingerprint density at radius 1 is 0.545 bits per heavy atom. The number of benzene rings is 1. The van der Waals surface area contributed by atoms with E-state index in [0.717, 1.165) is 0 Å². The number of rotatable bonds is 4. The van der Waals surface area contributed by atoms with Crippen molar-refractivity contribution in [3.63, 3.8) is 0 Å². The average molecular weight is 346 g/mol. The Morgan fingerprint density at radius 2 is 0.773 bits per heavy atom. The van der Waals surface area contributed by atoms with Crippen LogP contribution in [0.25, 0.3) is 0 Å². The number of ether oxygens (including phenoxy) is 2. The smallest absolute Gasteiger partial charge is 0.422 e. The maximum atomic E-state index is 13.3. The fraction of sp³-hybridized carbons (Fsp3) is 0.400. The van der Waals surface area contributed by atoms with Crippen LogP contribution in [0.15, 0.2) is 0 Å².